The quantitative estimate of drug-likeness (QED) is 0.925. The Bertz CT molecular complexity index is 562. The van der Waals surface area contributed by atoms with Gasteiger partial charge in [-0.25, -0.2) is 9.37 Å². The molecule has 0 amide bonds. The van der Waals surface area contributed by atoms with Crippen LogP contribution in [-0.2, 0) is 0 Å². The second-order valence-electron chi connectivity index (χ2n) is 3.39. The number of nitrogen functional groups attached to an aromatic ring is 1. The third kappa shape index (κ3) is 2.71. The van der Waals surface area contributed by atoms with Crippen LogP contribution in [0.15, 0.2) is 28.9 Å². The number of anilines is 1. The maximum absolute atomic E-state index is 12.9. The summed E-state index contributed by atoms with van der Waals surface area (Å²) in [6.45, 7) is 1.75. The van der Waals surface area contributed by atoms with Crippen LogP contribution in [0.3, 0.4) is 0 Å². The van der Waals surface area contributed by atoms with Gasteiger partial charge in [0.25, 0.3) is 0 Å². The van der Waals surface area contributed by atoms with Gasteiger partial charge in [0.1, 0.15) is 11.6 Å². The summed E-state index contributed by atoms with van der Waals surface area (Å²) in [7, 11) is 0. The molecule has 2 aromatic rings. The molecule has 4 nitrogen and oxygen atoms in total. The van der Waals surface area contributed by atoms with E-state index in [1.54, 1.807) is 6.92 Å². The van der Waals surface area contributed by atoms with Gasteiger partial charge in [-0.3, -0.25) is 0 Å². The van der Waals surface area contributed by atoms with Crippen LogP contribution in [0, 0.1) is 12.7 Å². The molecule has 0 aliphatic heterocycles. The van der Waals surface area contributed by atoms with Gasteiger partial charge < -0.3 is 10.5 Å². The van der Waals surface area contributed by atoms with Gasteiger partial charge in [0, 0.05) is 0 Å². The van der Waals surface area contributed by atoms with Crippen molar-refractivity contribution in [1.29, 1.82) is 0 Å². The van der Waals surface area contributed by atoms with Crippen molar-refractivity contribution in [2.24, 2.45) is 0 Å². The predicted octanol–water partition coefficient (Wildman–Crippen LogP) is 3.06. The molecule has 2 N–H and O–H groups in total. The van der Waals surface area contributed by atoms with Crippen LogP contribution in [-0.4, -0.2) is 9.97 Å². The summed E-state index contributed by atoms with van der Waals surface area (Å²) in [6, 6.07) is 4.24. The van der Waals surface area contributed by atoms with Gasteiger partial charge in [0.05, 0.1) is 10.7 Å². The van der Waals surface area contributed by atoms with Gasteiger partial charge in [-0.15, -0.1) is 0 Å². The van der Waals surface area contributed by atoms with E-state index in [4.69, 9.17) is 10.5 Å². The summed E-state index contributed by atoms with van der Waals surface area (Å²) in [4.78, 5) is 7.73. The Hall–Kier alpha value is -1.69. The van der Waals surface area contributed by atoms with Crippen molar-refractivity contribution in [3.05, 3.63) is 40.2 Å². The summed E-state index contributed by atoms with van der Waals surface area (Å²) < 4.78 is 19.0. The number of rotatable bonds is 2. The molecule has 0 saturated carbocycles. The fraction of sp³-hybridized carbons (Fsp3) is 0.0909. The van der Waals surface area contributed by atoms with Crippen LogP contribution < -0.4 is 10.5 Å². The highest BCUT2D eigenvalue weighted by molar-refractivity contribution is 9.10. The van der Waals surface area contributed by atoms with Crippen molar-refractivity contribution in [2.75, 3.05) is 5.73 Å². The summed E-state index contributed by atoms with van der Waals surface area (Å²) in [5, 5.41) is 0. The van der Waals surface area contributed by atoms with E-state index in [1.165, 1.54) is 24.4 Å². The van der Waals surface area contributed by atoms with Crippen molar-refractivity contribution >= 4 is 21.9 Å². The van der Waals surface area contributed by atoms with Crippen molar-refractivity contribution < 1.29 is 9.13 Å². The number of hydrogen-bond donors (Lipinski definition) is 1. The Morgan fingerprint density at radius 1 is 1.41 bits per heavy atom. The van der Waals surface area contributed by atoms with Crippen LogP contribution >= 0.6 is 15.9 Å². The molecule has 1 aromatic carbocycles. The molecule has 0 spiro atoms. The number of halogens is 2. The molecule has 0 bridgehead atoms. The zero-order chi connectivity index (χ0) is 12.4. The molecule has 0 radical (unpaired) electrons. The van der Waals surface area contributed by atoms with E-state index in [0.29, 0.717) is 21.7 Å². The van der Waals surface area contributed by atoms with Crippen molar-refractivity contribution in [2.45, 2.75) is 6.92 Å². The molecular formula is C11H9BrFN3O. The van der Waals surface area contributed by atoms with Gasteiger partial charge >= 0.3 is 0 Å². The molecule has 6 heteroatoms. The Morgan fingerprint density at radius 2 is 2.18 bits per heavy atom. The fourth-order valence-electron chi connectivity index (χ4n) is 1.27. The van der Waals surface area contributed by atoms with E-state index in [2.05, 4.69) is 25.9 Å². The van der Waals surface area contributed by atoms with E-state index in [0.717, 1.165) is 0 Å². The average molecular weight is 298 g/mol. The highest BCUT2D eigenvalue weighted by Crippen LogP contribution is 2.29. The predicted molar refractivity (Wildman–Crippen MR) is 65.4 cm³/mol. The minimum atomic E-state index is -0.309. The Morgan fingerprint density at radius 3 is 2.88 bits per heavy atom. The first-order valence-electron chi connectivity index (χ1n) is 4.78. The topological polar surface area (TPSA) is 61.0 Å². The number of benzene rings is 1. The maximum atomic E-state index is 12.9. The minimum absolute atomic E-state index is 0.114. The Kier molecular flexibility index (Phi) is 3.23. The van der Waals surface area contributed by atoms with E-state index < -0.39 is 0 Å². The van der Waals surface area contributed by atoms with Crippen LogP contribution in [0.5, 0.6) is 11.6 Å². The fourth-order valence-corrected chi connectivity index (χ4v) is 1.54. The number of ether oxygens (including phenoxy) is 1. The number of nitrogens with zero attached hydrogens (tertiary/aromatic N) is 2. The number of aryl methyl sites for hydroxylation is 1. The third-order valence-corrected chi connectivity index (χ3v) is 2.62. The molecule has 17 heavy (non-hydrogen) atoms. The number of hydrogen-bond acceptors (Lipinski definition) is 4. The lowest BCUT2D eigenvalue weighted by Crippen LogP contribution is -1.98. The standard InChI is InChI=1S/C11H9BrFN3O/c1-6-4-7(13)2-3-9(6)17-10-8(12)5-15-11(14)16-10/h2-5H,1H3,(H2,14,15,16). The van der Waals surface area contributed by atoms with Crippen LogP contribution in [0.4, 0.5) is 10.3 Å². The largest absolute Gasteiger partial charge is 0.437 e. The molecule has 0 aliphatic rings. The number of nitrogens with two attached hydrogens (primary N) is 1. The monoisotopic (exact) mass is 297 g/mol. The van der Waals surface area contributed by atoms with Crippen LogP contribution in [0.2, 0.25) is 0 Å². The summed E-state index contributed by atoms with van der Waals surface area (Å²) in [5.74, 6) is 0.622. The molecule has 88 valence electrons. The van der Waals surface area contributed by atoms with Crippen molar-refractivity contribution in [3.8, 4) is 11.6 Å². The first-order valence-corrected chi connectivity index (χ1v) is 5.57. The molecule has 0 saturated heterocycles. The lowest BCUT2D eigenvalue weighted by atomic mass is 10.2. The van der Waals surface area contributed by atoms with E-state index in [1.807, 2.05) is 0 Å². The Labute approximate surface area is 106 Å². The number of aromatic nitrogens is 2. The summed E-state index contributed by atoms with van der Waals surface area (Å²) in [5.41, 5.74) is 6.14. The molecule has 0 unspecified atom stereocenters. The highest BCUT2D eigenvalue weighted by Gasteiger charge is 2.08. The molecule has 0 atom stereocenters. The molecule has 0 aliphatic carbocycles. The lowest BCUT2D eigenvalue weighted by molar-refractivity contribution is 0.454. The van der Waals surface area contributed by atoms with E-state index in [-0.39, 0.29) is 11.8 Å². The van der Waals surface area contributed by atoms with E-state index >= 15 is 0 Å². The van der Waals surface area contributed by atoms with Gasteiger partial charge in [0.2, 0.25) is 11.8 Å². The average Bonchev–Trinajstić information content (AvgIpc) is 2.27. The summed E-state index contributed by atoms with van der Waals surface area (Å²) in [6.07, 6.45) is 1.50. The first kappa shape index (κ1) is 11.8. The lowest BCUT2D eigenvalue weighted by Gasteiger charge is -2.09. The van der Waals surface area contributed by atoms with Crippen molar-refractivity contribution in [3.63, 3.8) is 0 Å². The van der Waals surface area contributed by atoms with Gasteiger partial charge in [0.15, 0.2) is 0 Å². The van der Waals surface area contributed by atoms with Gasteiger partial charge in [-0.05, 0) is 46.6 Å². The van der Waals surface area contributed by atoms with E-state index in [9.17, 15) is 4.39 Å². The van der Waals surface area contributed by atoms with Gasteiger partial charge in [-0.1, -0.05) is 0 Å². The Balaban J connectivity index is 2.34. The maximum Gasteiger partial charge on any atom is 0.238 e. The normalized spacial score (nSPS) is 10.3. The SMILES string of the molecule is Cc1cc(F)ccc1Oc1nc(N)ncc1Br. The summed E-state index contributed by atoms with van der Waals surface area (Å²) >= 11 is 3.25. The second kappa shape index (κ2) is 4.67. The second-order valence-corrected chi connectivity index (χ2v) is 4.25. The molecular weight excluding hydrogens is 289 g/mol. The molecule has 2 rings (SSSR count). The van der Waals surface area contributed by atoms with Crippen molar-refractivity contribution in [1.82, 2.24) is 9.97 Å². The smallest absolute Gasteiger partial charge is 0.238 e. The highest BCUT2D eigenvalue weighted by atomic mass is 79.9. The molecule has 0 fully saturated rings. The zero-order valence-electron chi connectivity index (χ0n) is 8.95. The first-order chi connectivity index (χ1) is 8.06. The zero-order valence-corrected chi connectivity index (χ0v) is 10.5. The van der Waals surface area contributed by atoms with Gasteiger partial charge in [-0.2, -0.15) is 4.98 Å². The molecule has 1 heterocycles. The third-order valence-electron chi connectivity index (χ3n) is 2.07. The van der Waals surface area contributed by atoms with Crippen LogP contribution in [0.1, 0.15) is 5.56 Å². The minimum Gasteiger partial charge on any atom is -0.437 e. The van der Waals surface area contributed by atoms with Crippen LogP contribution in [0.25, 0.3) is 0 Å². The molecule has 1 aromatic heterocycles.